The van der Waals surface area contributed by atoms with Crippen LogP contribution in [0.4, 0.5) is 18.9 Å². The number of fused-ring (bicyclic) bond motifs is 1. The van der Waals surface area contributed by atoms with E-state index in [4.69, 9.17) is 14.6 Å². The van der Waals surface area contributed by atoms with Crippen LogP contribution in [0.2, 0.25) is 0 Å². The highest BCUT2D eigenvalue weighted by atomic mass is 19.2. The summed E-state index contributed by atoms with van der Waals surface area (Å²) in [6, 6.07) is 9.11. The lowest BCUT2D eigenvalue weighted by Gasteiger charge is -2.22. The molecule has 4 rings (SSSR count). The molecular formula is C26H23F3N2O5. The van der Waals surface area contributed by atoms with Gasteiger partial charge in [-0.05, 0) is 29.3 Å². The monoisotopic (exact) mass is 500 g/mol. The SMILES string of the molecule is COc1cc(NC(C(=O)c2c[nH]c3cc(F)c(F)cc23)c2ccc(F)cc2CO)cc(OCCO)c1. The Kier molecular flexibility index (Phi) is 7.47. The maximum Gasteiger partial charge on any atom is 0.191 e. The van der Waals surface area contributed by atoms with Crippen LogP contribution in [0.25, 0.3) is 10.9 Å². The van der Waals surface area contributed by atoms with Gasteiger partial charge in [-0.2, -0.15) is 0 Å². The number of rotatable bonds is 10. The van der Waals surface area contributed by atoms with Gasteiger partial charge in [-0.3, -0.25) is 4.79 Å². The Morgan fingerprint density at radius 3 is 2.50 bits per heavy atom. The van der Waals surface area contributed by atoms with Crippen LogP contribution in [0.3, 0.4) is 0 Å². The average Bonchev–Trinajstić information content (AvgIpc) is 3.28. The lowest BCUT2D eigenvalue weighted by atomic mass is 9.93. The smallest absolute Gasteiger partial charge is 0.191 e. The molecule has 0 aliphatic heterocycles. The maximum atomic E-state index is 14.0. The first kappa shape index (κ1) is 25.1. The number of aliphatic hydroxyl groups excluding tert-OH is 2. The summed E-state index contributed by atoms with van der Waals surface area (Å²) in [4.78, 5) is 16.6. The summed E-state index contributed by atoms with van der Waals surface area (Å²) in [6.07, 6.45) is 1.34. The molecule has 4 aromatic rings. The summed E-state index contributed by atoms with van der Waals surface area (Å²) in [5.74, 6) is -2.58. The van der Waals surface area contributed by atoms with Crippen molar-refractivity contribution in [3.8, 4) is 11.5 Å². The number of nitrogens with one attached hydrogen (secondary N) is 2. The van der Waals surface area contributed by atoms with Gasteiger partial charge in [0, 0.05) is 52.6 Å². The van der Waals surface area contributed by atoms with Crippen molar-refractivity contribution < 1.29 is 37.7 Å². The second kappa shape index (κ2) is 10.7. The van der Waals surface area contributed by atoms with Crippen LogP contribution in [-0.2, 0) is 6.61 Å². The number of aliphatic hydroxyl groups is 2. The number of hydrogen-bond acceptors (Lipinski definition) is 6. The van der Waals surface area contributed by atoms with Crippen LogP contribution in [0.5, 0.6) is 11.5 Å². The van der Waals surface area contributed by atoms with Gasteiger partial charge in [0.1, 0.15) is 30.0 Å². The topological polar surface area (TPSA) is 104 Å². The van der Waals surface area contributed by atoms with Gasteiger partial charge >= 0.3 is 0 Å². The molecule has 1 heterocycles. The number of carbonyl (C=O) groups excluding carboxylic acids is 1. The molecule has 0 fully saturated rings. The van der Waals surface area contributed by atoms with Gasteiger partial charge in [0.05, 0.1) is 20.3 Å². The van der Waals surface area contributed by atoms with E-state index < -0.39 is 35.9 Å². The predicted molar refractivity (Wildman–Crippen MR) is 127 cm³/mol. The van der Waals surface area contributed by atoms with Crippen molar-refractivity contribution in [1.29, 1.82) is 0 Å². The molecule has 0 bridgehead atoms. The number of ketones is 1. The highest BCUT2D eigenvalue weighted by Crippen LogP contribution is 2.33. The van der Waals surface area contributed by atoms with Crippen molar-refractivity contribution in [3.05, 3.63) is 88.9 Å². The first-order valence-corrected chi connectivity index (χ1v) is 10.9. The number of carbonyl (C=O) groups is 1. The van der Waals surface area contributed by atoms with E-state index in [1.165, 1.54) is 19.4 Å². The highest BCUT2D eigenvalue weighted by molar-refractivity contribution is 6.11. The largest absolute Gasteiger partial charge is 0.497 e. The molecule has 0 aliphatic rings. The summed E-state index contributed by atoms with van der Waals surface area (Å²) in [6.45, 7) is -0.734. The van der Waals surface area contributed by atoms with Gasteiger partial charge in [0.25, 0.3) is 0 Å². The number of halogens is 3. The molecule has 0 spiro atoms. The molecule has 0 saturated carbocycles. The normalized spacial score (nSPS) is 11.9. The summed E-state index contributed by atoms with van der Waals surface area (Å²) in [5.41, 5.74) is 1.11. The van der Waals surface area contributed by atoms with Gasteiger partial charge in [-0.1, -0.05) is 6.07 Å². The third kappa shape index (κ3) is 5.14. The molecule has 7 nitrogen and oxygen atoms in total. The average molecular weight is 500 g/mol. The van der Waals surface area contributed by atoms with E-state index in [9.17, 15) is 23.1 Å². The summed E-state index contributed by atoms with van der Waals surface area (Å²) < 4.78 is 52.4. The molecule has 1 atom stereocenters. The van der Waals surface area contributed by atoms with Gasteiger partial charge in [0.2, 0.25) is 0 Å². The first-order valence-electron chi connectivity index (χ1n) is 10.9. The van der Waals surface area contributed by atoms with Gasteiger partial charge in [-0.15, -0.1) is 0 Å². The van der Waals surface area contributed by atoms with E-state index in [-0.39, 0.29) is 40.8 Å². The Labute approximate surface area is 204 Å². The Morgan fingerprint density at radius 2 is 1.78 bits per heavy atom. The van der Waals surface area contributed by atoms with E-state index in [1.54, 1.807) is 18.2 Å². The van der Waals surface area contributed by atoms with Crippen LogP contribution in [0, 0.1) is 17.5 Å². The van der Waals surface area contributed by atoms with E-state index in [1.807, 2.05) is 0 Å². The standard InChI is InChI=1S/C26H23F3N2O5/c1-35-17-7-16(8-18(9-17)36-5-4-32)31-25(19-3-2-15(27)6-14(19)13-33)26(34)21-12-30-24-11-23(29)22(28)10-20(21)24/h2-3,6-12,25,30-33H,4-5,13H2,1H3. The van der Waals surface area contributed by atoms with Gasteiger partial charge < -0.3 is 30.0 Å². The number of aromatic nitrogens is 1. The number of methoxy groups -OCH3 is 1. The van der Waals surface area contributed by atoms with Crippen molar-refractivity contribution in [2.45, 2.75) is 12.6 Å². The van der Waals surface area contributed by atoms with Crippen LogP contribution in [-0.4, -0.2) is 41.3 Å². The van der Waals surface area contributed by atoms with Gasteiger partial charge in [0.15, 0.2) is 17.4 Å². The molecular weight excluding hydrogens is 477 g/mol. The lowest BCUT2D eigenvalue weighted by Crippen LogP contribution is -2.23. The summed E-state index contributed by atoms with van der Waals surface area (Å²) >= 11 is 0. The number of benzene rings is 3. The van der Waals surface area contributed by atoms with Crippen LogP contribution in [0.1, 0.15) is 27.5 Å². The highest BCUT2D eigenvalue weighted by Gasteiger charge is 2.28. The molecule has 0 amide bonds. The maximum absolute atomic E-state index is 14.0. The predicted octanol–water partition coefficient (Wildman–Crippen LogP) is 4.49. The van der Waals surface area contributed by atoms with Crippen molar-refractivity contribution in [3.63, 3.8) is 0 Å². The zero-order chi connectivity index (χ0) is 25.8. The molecule has 36 heavy (non-hydrogen) atoms. The van der Waals surface area contributed by atoms with Crippen molar-refractivity contribution in [1.82, 2.24) is 4.98 Å². The number of aromatic amines is 1. The third-order valence-corrected chi connectivity index (χ3v) is 5.62. The summed E-state index contributed by atoms with van der Waals surface area (Å²) in [5, 5.41) is 22.2. The quantitative estimate of drug-likeness (QED) is 0.239. The number of H-pyrrole nitrogens is 1. The van der Waals surface area contributed by atoms with Crippen LogP contribution >= 0.6 is 0 Å². The minimum atomic E-state index is -1.17. The molecule has 1 unspecified atom stereocenters. The second-order valence-corrected chi connectivity index (χ2v) is 7.93. The number of anilines is 1. The first-order chi connectivity index (χ1) is 17.3. The van der Waals surface area contributed by atoms with Crippen LogP contribution in [0.15, 0.2) is 54.7 Å². The minimum absolute atomic E-state index is 0.0268. The minimum Gasteiger partial charge on any atom is -0.497 e. The van der Waals surface area contributed by atoms with E-state index in [2.05, 4.69) is 10.3 Å². The number of ether oxygens (including phenoxy) is 2. The fourth-order valence-electron chi connectivity index (χ4n) is 3.94. The molecule has 1 aromatic heterocycles. The molecule has 188 valence electrons. The zero-order valence-electron chi connectivity index (χ0n) is 19.1. The Hall–Kier alpha value is -4.02. The Morgan fingerprint density at radius 1 is 1.03 bits per heavy atom. The van der Waals surface area contributed by atoms with Crippen LogP contribution < -0.4 is 14.8 Å². The fraction of sp³-hybridized carbons (Fsp3) is 0.192. The Balaban J connectivity index is 1.82. The molecule has 0 radical (unpaired) electrons. The number of Topliss-reactive ketones (excluding diaryl/α,β-unsaturated/α-hetero) is 1. The van der Waals surface area contributed by atoms with Crippen molar-refractivity contribution in [2.24, 2.45) is 0 Å². The molecule has 4 N–H and O–H groups in total. The zero-order valence-corrected chi connectivity index (χ0v) is 19.1. The van der Waals surface area contributed by atoms with Crippen molar-refractivity contribution >= 4 is 22.4 Å². The lowest BCUT2D eigenvalue weighted by molar-refractivity contribution is 0.0970. The van der Waals surface area contributed by atoms with Crippen molar-refractivity contribution in [2.75, 3.05) is 25.6 Å². The van der Waals surface area contributed by atoms with E-state index in [0.29, 0.717) is 17.2 Å². The molecule has 0 aliphatic carbocycles. The molecule has 0 saturated heterocycles. The Bertz CT molecular complexity index is 1410. The number of hydrogen-bond donors (Lipinski definition) is 4. The third-order valence-electron chi connectivity index (χ3n) is 5.62. The summed E-state index contributed by atoms with van der Waals surface area (Å²) in [7, 11) is 1.45. The van der Waals surface area contributed by atoms with E-state index >= 15 is 0 Å². The molecule has 3 aromatic carbocycles. The molecule has 10 heteroatoms. The second-order valence-electron chi connectivity index (χ2n) is 7.93. The fourth-order valence-corrected chi connectivity index (χ4v) is 3.94. The van der Waals surface area contributed by atoms with Gasteiger partial charge in [-0.25, -0.2) is 13.2 Å². The van der Waals surface area contributed by atoms with E-state index in [0.717, 1.165) is 24.3 Å².